The molecule has 0 radical (unpaired) electrons. The number of Topliss-reactive ketones (excluding diaryl/α,β-unsaturated/α-hetero) is 1. The first-order valence-electron chi connectivity index (χ1n) is 6.16. The molecule has 0 heterocycles. The van der Waals surface area contributed by atoms with Crippen LogP contribution in [0.1, 0.15) is 47.5 Å². The molecule has 0 amide bonds. The second kappa shape index (κ2) is 7.09. The van der Waals surface area contributed by atoms with E-state index in [2.05, 4.69) is 0 Å². The lowest BCUT2D eigenvalue weighted by Crippen LogP contribution is -2.36. The smallest absolute Gasteiger partial charge is 0.132 e. The van der Waals surface area contributed by atoms with E-state index in [1.165, 1.54) is 0 Å². The molecule has 0 unspecified atom stereocenters. The largest absolute Gasteiger partial charge is 0.375 e. The number of nitrogens with two attached hydrogens (primary N) is 1. The van der Waals surface area contributed by atoms with Crippen molar-refractivity contribution >= 4 is 5.78 Å². The van der Waals surface area contributed by atoms with E-state index in [1.54, 1.807) is 6.92 Å². The second-order valence-electron chi connectivity index (χ2n) is 5.62. The lowest BCUT2D eigenvalue weighted by molar-refractivity contribution is -0.120. The van der Waals surface area contributed by atoms with Crippen LogP contribution in [0.15, 0.2) is 0 Å². The van der Waals surface area contributed by atoms with Gasteiger partial charge >= 0.3 is 0 Å². The Balaban J connectivity index is 3.81. The van der Waals surface area contributed by atoms with Crippen LogP contribution in [0.3, 0.4) is 0 Å². The Morgan fingerprint density at radius 2 is 1.59 bits per heavy atom. The Kier molecular flexibility index (Phi) is 6.90. The zero-order valence-electron chi connectivity index (χ0n) is 11.8. The average Bonchev–Trinajstić information content (AvgIpc) is 2.16. The van der Waals surface area contributed by atoms with Crippen LogP contribution in [0, 0.1) is 0 Å². The monoisotopic (exact) mass is 245 g/mol. The van der Waals surface area contributed by atoms with Gasteiger partial charge in [0, 0.05) is 13.0 Å². The van der Waals surface area contributed by atoms with Gasteiger partial charge in [-0.15, -0.1) is 0 Å². The highest BCUT2D eigenvalue weighted by molar-refractivity contribution is 5.75. The van der Waals surface area contributed by atoms with Gasteiger partial charge < -0.3 is 15.2 Å². The Bertz CT molecular complexity index is 237. The van der Waals surface area contributed by atoms with E-state index in [0.717, 1.165) is 6.42 Å². The molecule has 0 spiro atoms. The molecule has 0 aromatic carbocycles. The summed E-state index contributed by atoms with van der Waals surface area (Å²) in [6.07, 6.45) is 1.26. The number of hydrogen-bond acceptors (Lipinski definition) is 4. The fourth-order valence-electron chi connectivity index (χ4n) is 1.18. The predicted molar refractivity (Wildman–Crippen MR) is 69.0 cm³/mol. The van der Waals surface area contributed by atoms with Gasteiger partial charge in [0.25, 0.3) is 0 Å². The third-order valence-corrected chi connectivity index (χ3v) is 2.64. The summed E-state index contributed by atoms with van der Waals surface area (Å²) in [6, 6.07) is 0. The molecule has 2 N–H and O–H groups in total. The molecule has 0 saturated carbocycles. The lowest BCUT2D eigenvalue weighted by atomic mass is 10.1. The van der Waals surface area contributed by atoms with Crippen molar-refractivity contribution in [3.05, 3.63) is 0 Å². The maximum atomic E-state index is 10.8. The summed E-state index contributed by atoms with van der Waals surface area (Å²) in [5.41, 5.74) is 5.03. The maximum Gasteiger partial charge on any atom is 0.132 e. The van der Waals surface area contributed by atoms with Crippen molar-refractivity contribution in [2.75, 3.05) is 19.8 Å². The van der Waals surface area contributed by atoms with Crippen LogP contribution in [-0.4, -0.2) is 36.7 Å². The molecule has 17 heavy (non-hydrogen) atoms. The number of hydrogen-bond donors (Lipinski definition) is 1. The van der Waals surface area contributed by atoms with Crippen molar-refractivity contribution in [1.29, 1.82) is 0 Å². The van der Waals surface area contributed by atoms with Crippen molar-refractivity contribution in [3.8, 4) is 0 Å². The molecule has 4 nitrogen and oxygen atoms in total. The van der Waals surface area contributed by atoms with Gasteiger partial charge in [-0.3, -0.25) is 4.79 Å². The molecule has 0 fully saturated rings. The van der Waals surface area contributed by atoms with E-state index in [4.69, 9.17) is 15.2 Å². The zero-order valence-corrected chi connectivity index (χ0v) is 11.8. The van der Waals surface area contributed by atoms with E-state index in [1.807, 2.05) is 27.7 Å². The fourth-order valence-corrected chi connectivity index (χ4v) is 1.18. The third-order valence-electron chi connectivity index (χ3n) is 2.64. The fraction of sp³-hybridized carbons (Fsp3) is 0.923. The number of carbonyl (C=O) groups is 1. The van der Waals surface area contributed by atoms with E-state index >= 15 is 0 Å². The summed E-state index contributed by atoms with van der Waals surface area (Å²) < 4.78 is 11.3. The summed E-state index contributed by atoms with van der Waals surface area (Å²) in [4.78, 5) is 10.8. The number of carbonyl (C=O) groups excluding carboxylic acids is 1. The topological polar surface area (TPSA) is 61.5 Å². The van der Waals surface area contributed by atoms with Crippen LogP contribution in [0.5, 0.6) is 0 Å². The quantitative estimate of drug-likeness (QED) is 0.674. The summed E-state index contributed by atoms with van der Waals surface area (Å²) in [6.45, 7) is 11.1. The molecule has 4 heteroatoms. The van der Waals surface area contributed by atoms with Gasteiger partial charge in [-0.05, 0) is 41.0 Å². The Hall–Kier alpha value is -0.450. The van der Waals surface area contributed by atoms with Gasteiger partial charge in [0.2, 0.25) is 0 Å². The average molecular weight is 245 g/mol. The number of ketones is 1. The first kappa shape index (κ1) is 16.6. The molecule has 0 aromatic heterocycles. The Morgan fingerprint density at radius 1 is 1.06 bits per heavy atom. The van der Waals surface area contributed by atoms with Gasteiger partial charge in [0.1, 0.15) is 5.78 Å². The summed E-state index contributed by atoms with van der Waals surface area (Å²) >= 11 is 0. The van der Waals surface area contributed by atoms with E-state index in [-0.39, 0.29) is 17.0 Å². The van der Waals surface area contributed by atoms with E-state index < -0.39 is 0 Å². The van der Waals surface area contributed by atoms with Gasteiger partial charge in [-0.2, -0.15) is 0 Å². The van der Waals surface area contributed by atoms with Gasteiger partial charge in [0.15, 0.2) is 0 Å². The van der Waals surface area contributed by atoms with Gasteiger partial charge in [-0.1, -0.05) is 0 Å². The van der Waals surface area contributed by atoms with Crippen LogP contribution < -0.4 is 5.73 Å². The SMILES string of the molecule is CC(=O)CCOC(C)(C)CCOC(C)(C)CN. The van der Waals surface area contributed by atoms with Crippen molar-refractivity contribution in [2.45, 2.75) is 58.7 Å². The van der Waals surface area contributed by atoms with Crippen LogP contribution in [-0.2, 0) is 14.3 Å². The Labute approximate surface area is 105 Å². The number of ether oxygens (including phenoxy) is 2. The molecular weight excluding hydrogens is 218 g/mol. The summed E-state index contributed by atoms with van der Waals surface area (Å²) in [7, 11) is 0. The highest BCUT2D eigenvalue weighted by Crippen LogP contribution is 2.17. The van der Waals surface area contributed by atoms with Crippen molar-refractivity contribution in [3.63, 3.8) is 0 Å². The van der Waals surface area contributed by atoms with Crippen LogP contribution in [0.4, 0.5) is 0 Å². The van der Waals surface area contributed by atoms with Crippen LogP contribution in [0.25, 0.3) is 0 Å². The highest BCUT2D eigenvalue weighted by Gasteiger charge is 2.21. The highest BCUT2D eigenvalue weighted by atomic mass is 16.5. The minimum absolute atomic E-state index is 0.154. The first-order valence-corrected chi connectivity index (χ1v) is 6.16. The zero-order chi connectivity index (χ0) is 13.5. The molecule has 0 atom stereocenters. The molecule has 0 aliphatic heterocycles. The first-order chi connectivity index (χ1) is 7.68. The molecule has 0 aromatic rings. The van der Waals surface area contributed by atoms with Crippen LogP contribution >= 0.6 is 0 Å². The van der Waals surface area contributed by atoms with Crippen molar-refractivity contribution in [1.82, 2.24) is 0 Å². The van der Waals surface area contributed by atoms with Gasteiger partial charge in [0.05, 0.1) is 24.4 Å². The standard InChI is InChI=1S/C13H27NO3/c1-11(15)6-8-16-12(2,3)7-9-17-13(4,5)10-14/h6-10,14H2,1-5H3. The van der Waals surface area contributed by atoms with Crippen molar-refractivity contribution in [2.24, 2.45) is 5.73 Å². The molecule has 0 aliphatic carbocycles. The maximum absolute atomic E-state index is 10.8. The normalized spacial score (nSPS) is 12.8. The minimum atomic E-state index is -0.282. The third kappa shape index (κ3) is 9.27. The molecule has 102 valence electrons. The van der Waals surface area contributed by atoms with E-state index in [0.29, 0.717) is 26.2 Å². The molecular formula is C13H27NO3. The van der Waals surface area contributed by atoms with E-state index in [9.17, 15) is 4.79 Å². The van der Waals surface area contributed by atoms with Gasteiger partial charge in [-0.25, -0.2) is 0 Å². The predicted octanol–water partition coefficient (Wildman–Crippen LogP) is 1.90. The molecule has 0 rings (SSSR count). The minimum Gasteiger partial charge on any atom is -0.375 e. The van der Waals surface area contributed by atoms with Crippen LogP contribution in [0.2, 0.25) is 0 Å². The molecule has 0 aliphatic rings. The number of rotatable bonds is 9. The Morgan fingerprint density at radius 3 is 2.06 bits per heavy atom. The molecule has 0 saturated heterocycles. The summed E-state index contributed by atoms with van der Waals surface area (Å²) in [5, 5.41) is 0. The second-order valence-corrected chi connectivity index (χ2v) is 5.62. The summed E-state index contributed by atoms with van der Waals surface area (Å²) in [5.74, 6) is 0.154. The lowest BCUT2D eigenvalue weighted by Gasteiger charge is -2.28. The molecule has 0 bridgehead atoms. The van der Waals surface area contributed by atoms with Crippen molar-refractivity contribution < 1.29 is 14.3 Å².